The van der Waals surface area contributed by atoms with E-state index in [4.69, 9.17) is 14.2 Å². The van der Waals surface area contributed by atoms with E-state index >= 15 is 0 Å². The maximum Gasteiger partial charge on any atom is 0.395 e. The number of rotatable bonds is 13. The Balaban J connectivity index is 1.57. The quantitative estimate of drug-likeness (QED) is 0.175. The summed E-state index contributed by atoms with van der Waals surface area (Å²) in [5.74, 6) is 0.503. The molecule has 1 fully saturated rings. The third kappa shape index (κ3) is 9.13. The highest BCUT2D eigenvalue weighted by Gasteiger charge is 2.48. The number of alkyl halides is 3. The third-order valence-electron chi connectivity index (χ3n) is 9.11. The average molecular weight is 640 g/mol. The molecule has 0 N–H and O–H groups in total. The van der Waals surface area contributed by atoms with E-state index in [9.17, 15) is 18.0 Å². The molecule has 0 spiro atoms. The molecule has 250 valence electrons. The zero-order valence-corrected chi connectivity index (χ0v) is 28.0. The lowest BCUT2D eigenvalue weighted by atomic mass is 9.67. The first-order valence-electron chi connectivity index (χ1n) is 16.1. The van der Waals surface area contributed by atoms with Gasteiger partial charge in [0.15, 0.2) is 0 Å². The summed E-state index contributed by atoms with van der Waals surface area (Å²) in [4.78, 5) is 13.9. The molecule has 1 aliphatic heterocycles. The van der Waals surface area contributed by atoms with Crippen molar-refractivity contribution in [1.82, 2.24) is 4.90 Å². The van der Waals surface area contributed by atoms with Crippen LogP contribution in [0.15, 0.2) is 72.8 Å². The zero-order valence-electron chi connectivity index (χ0n) is 28.0. The fourth-order valence-corrected chi connectivity index (χ4v) is 6.56. The monoisotopic (exact) mass is 639 g/mol. The van der Waals surface area contributed by atoms with Crippen molar-refractivity contribution in [3.63, 3.8) is 0 Å². The molecule has 0 unspecified atom stereocenters. The number of esters is 1. The van der Waals surface area contributed by atoms with Crippen molar-refractivity contribution in [3.8, 4) is 16.9 Å². The lowest BCUT2D eigenvalue weighted by Gasteiger charge is -2.46. The smallest absolute Gasteiger partial charge is 0.395 e. The molecule has 1 saturated heterocycles. The lowest BCUT2D eigenvalue weighted by Crippen LogP contribution is -2.47. The first-order valence-corrected chi connectivity index (χ1v) is 16.1. The highest BCUT2D eigenvalue weighted by molar-refractivity contribution is 5.74. The van der Waals surface area contributed by atoms with E-state index in [-0.39, 0.29) is 30.0 Å². The van der Waals surface area contributed by atoms with Gasteiger partial charge in [-0.2, -0.15) is 13.2 Å². The van der Waals surface area contributed by atoms with Crippen LogP contribution in [0, 0.1) is 5.41 Å². The highest BCUT2D eigenvalue weighted by Crippen LogP contribution is 2.45. The summed E-state index contributed by atoms with van der Waals surface area (Å²) < 4.78 is 59.0. The SMILES string of the molecule is CCOC(=O)Cc1cccc(-c2ccc(CN(CC[C@@]3(c4ccc(OC)cc4)CCOC(C)(C)C3)CC(C)(C)C(F)(F)F)cc2)c1. The van der Waals surface area contributed by atoms with Crippen LogP contribution in [-0.4, -0.2) is 56.1 Å². The molecule has 0 aromatic heterocycles. The highest BCUT2D eigenvalue weighted by atomic mass is 19.4. The molecule has 1 atom stereocenters. The maximum atomic E-state index is 14.2. The van der Waals surface area contributed by atoms with Crippen molar-refractivity contribution in [1.29, 1.82) is 0 Å². The summed E-state index contributed by atoms with van der Waals surface area (Å²) in [7, 11) is 1.64. The maximum absolute atomic E-state index is 14.2. The second-order valence-electron chi connectivity index (χ2n) is 13.8. The largest absolute Gasteiger partial charge is 0.497 e. The Morgan fingerprint density at radius 3 is 2.26 bits per heavy atom. The molecule has 5 nitrogen and oxygen atoms in total. The first-order chi connectivity index (χ1) is 21.6. The van der Waals surface area contributed by atoms with Crippen LogP contribution >= 0.6 is 0 Å². The van der Waals surface area contributed by atoms with E-state index in [1.54, 1.807) is 14.0 Å². The van der Waals surface area contributed by atoms with Crippen molar-refractivity contribution in [2.24, 2.45) is 5.41 Å². The normalized spacial score (nSPS) is 18.4. The van der Waals surface area contributed by atoms with E-state index in [1.807, 2.05) is 65.6 Å². The van der Waals surface area contributed by atoms with E-state index in [0.717, 1.165) is 46.4 Å². The summed E-state index contributed by atoms with van der Waals surface area (Å²) in [6, 6.07) is 23.8. The van der Waals surface area contributed by atoms with Crippen LogP contribution in [0.5, 0.6) is 5.75 Å². The summed E-state index contributed by atoms with van der Waals surface area (Å²) in [5.41, 5.74) is 2.43. The van der Waals surface area contributed by atoms with Gasteiger partial charge < -0.3 is 14.2 Å². The van der Waals surface area contributed by atoms with Gasteiger partial charge in [-0.1, -0.05) is 60.7 Å². The minimum Gasteiger partial charge on any atom is -0.497 e. The average Bonchev–Trinajstić information content (AvgIpc) is 2.99. The molecule has 0 radical (unpaired) electrons. The van der Waals surface area contributed by atoms with E-state index in [2.05, 4.69) is 26.0 Å². The number of methoxy groups -OCH3 is 1. The van der Waals surface area contributed by atoms with Crippen molar-refractivity contribution >= 4 is 5.97 Å². The van der Waals surface area contributed by atoms with Crippen LogP contribution in [0.1, 0.15) is 70.6 Å². The van der Waals surface area contributed by atoms with Gasteiger partial charge in [0.2, 0.25) is 0 Å². The number of carbonyl (C=O) groups is 1. The summed E-state index contributed by atoms with van der Waals surface area (Å²) in [6.07, 6.45) is -1.87. The molecule has 3 aromatic rings. The number of halogens is 3. The van der Waals surface area contributed by atoms with Crippen LogP contribution in [0.25, 0.3) is 11.1 Å². The Kier molecular flexibility index (Phi) is 11.3. The fraction of sp³-hybridized carbons (Fsp3) is 0.500. The van der Waals surface area contributed by atoms with Crippen LogP contribution in [-0.2, 0) is 32.6 Å². The number of ether oxygens (including phenoxy) is 3. The number of hydrogen-bond acceptors (Lipinski definition) is 5. The first kappa shape index (κ1) is 35.5. The lowest BCUT2D eigenvalue weighted by molar-refractivity contribution is -0.217. The van der Waals surface area contributed by atoms with Crippen LogP contribution in [0.3, 0.4) is 0 Å². The number of nitrogens with zero attached hydrogens (tertiary/aromatic N) is 1. The number of carbonyl (C=O) groups excluding carboxylic acids is 1. The predicted molar refractivity (Wildman–Crippen MR) is 176 cm³/mol. The molecule has 0 saturated carbocycles. The second-order valence-corrected chi connectivity index (χ2v) is 13.8. The summed E-state index contributed by atoms with van der Waals surface area (Å²) in [5, 5.41) is 0. The molecule has 0 bridgehead atoms. The molecular formula is C38H48F3NO4. The van der Waals surface area contributed by atoms with Gasteiger partial charge in [-0.25, -0.2) is 0 Å². The zero-order chi connectivity index (χ0) is 33.6. The van der Waals surface area contributed by atoms with Crippen LogP contribution in [0.4, 0.5) is 13.2 Å². The third-order valence-corrected chi connectivity index (χ3v) is 9.11. The molecule has 8 heteroatoms. The Morgan fingerprint density at radius 2 is 1.65 bits per heavy atom. The van der Waals surface area contributed by atoms with E-state index in [1.165, 1.54) is 13.8 Å². The fourth-order valence-electron chi connectivity index (χ4n) is 6.56. The summed E-state index contributed by atoms with van der Waals surface area (Å²) in [6.45, 7) is 10.2. The van der Waals surface area contributed by atoms with Crippen LogP contribution in [0.2, 0.25) is 0 Å². The van der Waals surface area contributed by atoms with Gasteiger partial charge in [-0.3, -0.25) is 9.69 Å². The number of benzene rings is 3. The van der Waals surface area contributed by atoms with Gasteiger partial charge >= 0.3 is 12.1 Å². The Labute approximate surface area is 272 Å². The van der Waals surface area contributed by atoms with Gasteiger partial charge in [0.25, 0.3) is 0 Å². The van der Waals surface area contributed by atoms with Crippen LogP contribution < -0.4 is 4.74 Å². The van der Waals surface area contributed by atoms with Crippen molar-refractivity contribution in [3.05, 3.63) is 89.5 Å². The van der Waals surface area contributed by atoms with E-state index < -0.39 is 11.6 Å². The Bertz CT molecular complexity index is 1430. The standard InChI is InChI=1S/C38H48F3NO4/c1-7-45-34(43)24-29-9-8-10-31(23-29)30-13-11-28(12-14-30)25-42(27-35(2,3)38(39,40)41)21-19-37(20-22-46-36(4,5)26-37)32-15-17-33(44-6)18-16-32/h8-18,23H,7,19-22,24-27H2,1-6H3/t37-/m1/s1. The molecule has 46 heavy (non-hydrogen) atoms. The molecular weight excluding hydrogens is 591 g/mol. The molecule has 4 rings (SSSR count). The second kappa shape index (κ2) is 14.6. The Hall–Kier alpha value is -3.36. The van der Waals surface area contributed by atoms with Crippen molar-refractivity contribution < 1.29 is 32.2 Å². The minimum absolute atomic E-state index is 0.118. The van der Waals surface area contributed by atoms with Gasteiger partial charge in [-0.15, -0.1) is 0 Å². The van der Waals surface area contributed by atoms with E-state index in [0.29, 0.717) is 32.7 Å². The summed E-state index contributed by atoms with van der Waals surface area (Å²) >= 11 is 0. The topological polar surface area (TPSA) is 48.0 Å². The molecule has 0 amide bonds. The molecule has 1 heterocycles. The predicted octanol–water partition coefficient (Wildman–Crippen LogP) is 8.78. The molecule has 1 aliphatic rings. The minimum atomic E-state index is -4.34. The Morgan fingerprint density at radius 1 is 0.957 bits per heavy atom. The van der Waals surface area contributed by atoms with Gasteiger partial charge in [0.1, 0.15) is 5.75 Å². The van der Waals surface area contributed by atoms with Crippen molar-refractivity contribution in [2.75, 3.05) is 33.4 Å². The number of hydrogen-bond donors (Lipinski definition) is 0. The van der Waals surface area contributed by atoms with Gasteiger partial charge in [-0.05, 0) is 100 Å². The molecule has 0 aliphatic carbocycles. The molecule has 3 aromatic carbocycles. The van der Waals surface area contributed by atoms with Gasteiger partial charge in [0, 0.05) is 25.1 Å². The van der Waals surface area contributed by atoms with Gasteiger partial charge in [0.05, 0.1) is 31.2 Å². The van der Waals surface area contributed by atoms with Crippen molar-refractivity contribution in [2.45, 2.75) is 84.0 Å².